The summed E-state index contributed by atoms with van der Waals surface area (Å²) < 4.78 is 0. The number of nitrogens with one attached hydrogen (secondary N) is 2. The summed E-state index contributed by atoms with van der Waals surface area (Å²) in [6.07, 6.45) is 12.4. The van der Waals surface area contributed by atoms with E-state index in [0.29, 0.717) is 13.1 Å². The van der Waals surface area contributed by atoms with Gasteiger partial charge >= 0.3 is 0 Å². The van der Waals surface area contributed by atoms with Gasteiger partial charge in [0.1, 0.15) is 0 Å². The third kappa shape index (κ3) is 4.51. The Hall–Kier alpha value is -1.58. The van der Waals surface area contributed by atoms with Crippen molar-refractivity contribution in [3.8, 4) is 0 Å². The lowest BCUT2D eigenvalue weighted by atomic mass is 9.99. The Bertz CT molecular complexity index is 384. The molecule has 0 saturated heterocycles. The van der Waals surface area contributed by atoms with Crippen LogP contribution in [0.5, 0.6) is 0 Å². The highest BCUT2D eigenvalue weighted by molar-refractivity contribution is 5.94. The van der Waals surface area contributed by atoms with Crippen molar-refractivity contribution in [3.05, 3.63) is 23.3 Å². The summed E-state index contributed by atoms with van der Waals surface area (Å²) in [5.41, 5.74) is 1.80. The predicted molar refractivity (Wildman–Crippen MR) is 79.1 cm³/mol. The van der Waals surface area contributed by atoms with E-state index in [9.17, 15) is 9.59 Å². The summed E-state index contributed by atoms with van der Waals surface area (Å²) in [5.74, 6) is 0.0478. The molecule has 2 amide bonds. The number of hydrogen-bond acceptors (Lipinski definition) is 2. The molecule has 0 heterocycles. The third-order valence-corrected chi connectivity index (χ3v) is 3.86. The van der Waals surface area contributed by atoms with E-state index in [0.717, 1.165) is 49.7 Å². The molecule has 0 aliphatic heterocycles. The predicted octanol–water partition coefficient (Wildman–Crippen LogP) is 2.22. The van der Waals surface area contributed by atoms with E-state index >= 15 is 0 Å². The van der Waals surface area contributed by atoms with Crippen LogP contribution in [0.3, 0.4) is 0 Å². The summed E-state index contributed by atoms with van der Waals surface area (Å²) in [6, 6.07) is 0. The monoisotopic (exact) mass is 276 g/mol. The van der Waals surface area contributed by atoms with Crippen LogP contribution in [0.1, 0.15) is 51.4 Å². The van der Waals surface area contributed by atoms with Gasteiger partial charge in [-0.1, -0.05) is 12.2 Å². The lowest BCUT2D eigenvalue weighted by Crippen LogP contribution is -2.36. The average molecular weight is 276 g/mol. The fourth-order valence-corrected chi connectivity index (χ4v) is 2.67. The Labute approximate surface area is 120 Å². The van der Waals surface area contributed by atoms with Crippen molar-refractivity contribution in [3.63, 3.8) is 0 Å². The van der Waals surface area contributed by atoms with Crippen molar-refractivity contribution >= 4 is 11.8 Å². The number of carbonyl (C=O) groups excluding carboxylic acids is 2. The van der Waals surface area contributed by atoms with Crippen LogP contribution in [0.2, 0.25) is 0 Å². The summed E-state index contributed by atoms with van der Waals surface area (Å²) in [6.45, 7) is 0.990. The van der Waals surface area contributed by atoms with Crippen molar-refractivity contribution < 1.29 is 9.59 Å². The molecule has 0 aromatic heterocycles. The van der Waals surface area contributed by atoms with Gasteiger partial charge in [-0.15, -0.1) is 0 Å². The molecule has 0 spiro atoms. The standard InChI is InChI=1S/C16H24N2O2/c19-15(13-7-3-1-4-8-13)17-11-12-18-16(20)14-9-5-2-6-10-14/h7,9H,1-6,8,10-12H2,(H,17,19)(H,18,20). The molecule has 2 rings (SSSR count). The van der Waals surface area contributed by atoms with Crippen LogP contribution < -0.4 is 10.6 Å². The van der Waals surface area contributed by atoms with Gasteiger partial charge in [0.25, 0.3) is 0 Å². The van der Waals surface area contributed by atoms with E-state index in [1.54, 1.807) is 0 Å². The maximum Gasteiger partial charge on any atom is 0.246 e. The zero-order valence-corrected chi connectivity index (χ0v) is 12.0. The summed E-state index contributed by atoms with van der Waals surface area (Å²) in [5, 5.41) is 5.74. The quantitative estimate of drug-likeness (QED) is 0.756. The van der Waals surface area contributed by atoms with Crippen molar-refractivity contribution in [2.24, 2.45) is 0 Å². The Balaban J connectivity index is 1.63. The SMILES string of the molecule is O=C(NCCNC(=O)C1=CCCCC1)C1=CCCCC1. The second kappa shape index (κ2) is 7.88. The molecule has 110 valence electrons. The van der Waals surface area contributed by atoms with E-state index in [1.165, 1.54) is 12.8 Å². The molecule has 4 nitrogen and oxygen atoms in total. The van der Waals surface area contributed by atoms with E-state index in [2.05, 4.69) is 10.6 Å². The van der Waals surface area contributed by atoms with E-state index in [-0.39, 0.29) is 11.8 Å². The van der Waals surface area contributed by atoms with Crippen LogP contribution >= 0.6 is 0 Å². The Kier molecular flexibility index (Phi) is 5.84. The third-order valence-electron chi connectivity index (χ3n) is 3.86. The van der Waals surface area contributed by atoms with Gasteiger partial charge in [0.2, 0.25) is 11.8 Å². The van der Waals surface area contributed by atoms with Crippen molar-refractivity contribution in [2.75, 3.05) is 13.1 Å². The van der Waals surface area contributed by atoms with Crippen LogP contribution in [0.25, 0.3) is 0 Å². The molecule has 0 aromatic rings. The molecule has 0 saturated carbocycles. The minimum absolute atomic E-state index is 0.0239. The highest BCUT2D eigenvalue weighted by atomic mass is 16.2. The number of rotatable bonds is 5. The molecular formula is C16H24N2O2. The Morgan fingerprint density at radius 3 is 1.60 bits per heavy atom. The molecule has 0 fully saturated rings. The van der Waals surface area contributed by atoms with Gasteiger partial charge < -0.3 is 10.6 Å². The number of hydrogen-bond donors (Lipinski definition) is 2. The molecular weight excluding hydrogens is 252 g/mol. The first-order valence-corrected chi connectivity index (χ1v) is 7.72. The lowest BCUT2D eigenvalue weighted by molar-refractivity contribution is -0.119. The summed E-state index contributed by atoms with van der Waals surface area (Å²) in [7, 11) is 0. The van der Waals surface area contributed by atoms with Gasteiger partial charge in [-0.05, 0) is 51.4 Å². The molecule has 2 aliphatic rings. The topological polar surface area (TPSA) is 58.2 Å². The highest BCUT2D eigenvalue weighted by Gasteiger charge is 2.13. The molecule has 2 aliphatic carbocycles. The van der Waals surface area contributed by atoms with E-state index in [4.69, 9.17) is 0 Å². The zero-order valence-electron chi connectivity index (χ0n) is 12.0. The molecule has 2 N–H and O–H groups in total. The smallest absolute Gasteiger partial charge is 0.246 e. The highest BCUT2D eigenvalue weighted by Crippen LogP contribution is 2.17. The van der Waals surface area contributed by atoms with Crippen molar-refractivity contribution in [1.29, 1.82) is 0 Å². The molecule has 0 unspecified atom stereocenters. The van der Waals surface area contributed by atoms with Crippen LogP contribution in [-0.2, 0) is 9.59 Å². The Morgan fingerprint density at radius 1 is 0.800 bits per heavy atom. The first-order chi connectivity index (χ1) is 9.77. The first kappa shape index (κ1) is 14.8. The van der Waals surface area contributed by atoms with E-state index in [1.807, 2.05) is 12.2 Å². The molecule has 0 aromatic carbocycles. The summed E-state index contributed by atoms with van der Waals surface area (Å²) in [4.78, 5) is 23.7. The van der Waals surface area contributed by atoms with Gasteiger partial charge in [-0.2, -0.15) is 0 Å². The van der Waals surface area contributed by atoms with Crippen LogP contribution in [0.4, 0.5) is 0 Å². The second-order valence-corrected chi connectivity index (χ2v) is 5.46. The molecule has 0 radical (unpaired) electrons. The second-order valence-electron chi connectivity index (χ2n) is 5.46. The van der Waals surface area contributed by atoms with Crippen LogP contribution in [0.15, 0.2) is 23.3 Å². The van der Waals surface area contributed by atoms with Crippen LogP contribution in [0, 0.1) is 0 Å². The molecule has 20 heavy (non-hydrogen) atoms. The minimum Gasteiger partial charge on any atom is -0.351 e. The van der Waals surface area contributed by atoms with Gasteiger partial charge in [-0.3, -0.25) is 9.59 Å². The largest absolute Gasteiger partial charge is 0.351 e. The maximum atomic E-state index is 11.8. The molecule has 4 heteroatoms. The number of carbonyl (C=O) groups is 2. The maximum absolute atomic E-state index is 11.8. The summed E-state index contributed by atoms with van der Waals surface area (Å²) >= 11 is 0. The number of allylic oxidation sites excluding steroid dienone is 2. The van der Waals surface area contributed by atoms with Gasteiger partial charge in [0.15, 0.2) is 0 Å². The van der Waals surface area contributed by atoms with Gasteiger partial charge in [0.05, 0.1) is 0 Å². The van der Waals surface area contributed by atoms with Crippen molar-refractivity contribution in [2.45, 2.75) is 51.4 Å². The fourth-order valence-electron chi connectivity index (χ4n) is 2.67. The van der Waals surface area contributed by atoms with Crippen LogP contribution in [-0.4, -0.2) is 24.9 Å². The fraction of sp³-hybridized carbons (Fsp3) is 0.625. The molecule has 0 bridgehead atoms. The van der Waals surface area contributed by atoms with Gasteiger partial charge in [-0.25, -0.2) is 0 Å². The minimum atomic E-state index is 0.0239. The first-order valence-electron chi connectivity index (χ1n) is 7.72. The number of amides is 2. The normalized spacial score (nSPS) is 18.8. The van der Waals surface area contributed by atoms with Crippen molar-refractivity contribution in [1.82, 2.24) is 10.6 Å². The Morgan fingerprint density at radius 2 is 1.25 bits per heavy atom. The average Bonchev–Trinajstić information content (AvgIpc) is 2.53. The lowest BCUT2D eigenvalue weighted by Gasteiger charge is -2.14. The van der Waals surface area contributed by atoms with E-state index < -0.39 is 0 Å². The zero-order chi connectivity index (χ0) is 14.2. The molecule has 0 atom stereocenters. The van der Waals surface area contributed by atoms with Gasteiger partial charge in [0, 0.05) is 24.2 Å².